The number of nitrogen functional groups attached to an aromatic ring is 1. The number of nitriles is 1. The van der Waals surface area contributed by atoms with E-state index in [9.17, 15) is 10.1 Å². The Balaban J connectivity index is 1.75. The maximum absolute atomic E-state index is 14.3. The molecule has 4 rings (SSSR count). The molecule has 43 heavy (non-hydrogen) atoms. The Morgan fingerprint density at radius 3 is 2.88 bits per heavy atom. The molecule has 1 aliphatic heterocycles. The summed E-state index contributed by atoms with van der Waals surface area (Å²) < 4.78 is 11.8. The number of hydrogen-bond acceptors (Lipinski definition) is 11. The molecule has 2 aromatic heterocycles. The number of anilines is 1. The van der Waals surface area contributed by atoms with Gasteiger partial charge in [-0.2, -0.15) is 10.2 Å². The lowest BCUT2D eigenvalue weighted by atomic mass is 9.79. The number of ether oxygens (including phenoxy) is 2. The number of fused-ring (bicyclic) bond motifs is 2. The molecule has 11 heteroatoms. The van der Waals surface area contributed by atoms with Crippen molar-refractivity contribution in [1.29, 1.82) is 5.26 Å². The number of nitrogens with two attached hydrogens (primary N) is 2. The number of hydrogen-bond donors (Lipinski definition) is 4. The SMILES string of the molecule is CCC/C(C(=O)[C@H]1CCCc2sc(N)c(C#N)c21)=C(/N)c1nc(OC[C@@H](C)CCCNC)c2c(n1)[C@@H](CCOC)CNC2. The van der Waals surface area contributed by atoms with Crippen LogP contribution in [0.4, 0.5) is 5.00 Å². The Kier molecular flexibility index (Phi) is 11.9. The molecule has 0 saturated heterocycles. The van der Waals surface area contributed by atoms with Gasteiger partial charge in [0, 0.05) is 54.7 Å². The van der Waals surface area contributed by atoms with Gasteiger partial charge in [-0.05, 0) is 70.0 Å². The minimum absolute atomic E-state index is 0.0610. The molecular formula is C32H47N7O3S. The van der Waals surface area contributed by atoms with Crippen molar-refractivity contribution in [3.05, 3.63) is 38.7 Å². The summed E-state index contributed by atoms with van der Waals surface area (Å²) >= 11 is 1.43. The van der Waals surface area contributed by atoms with Crippen molar-refractivity contribution in [2.75, 3.05) is 46.2 Å². The van der Waals surface area contributed by atoms with Gasteiger partial charge in [0.1, 0.15) is 11.1 Å². The highest BCUT2D eigenvalue weighted by molar-refractivity contribution is 7.16. The van der Waals surface area contributed by atoms with Crippen molar-refractivity contribution in [3.8, 4) is 11.9 Å². The van der Waals surface area contributed by atoms with Crippen molar-refractivity contribution in [2.24, 2.45) is 11.7 Å². The second-order valence-corrected chi connectivity index (χ2v) is 12.9. The Morgan fingerprint density at radius 1 is 1.35 bits per heavy atom. The van der Waals surface area contributed by atoms with Gasteiger partial charge >= 0.3 is 0 Å². The molecule has 234 valence electrons. The average Bonchev–Trinajstić information content (AvgIpc) is 3.35. The van der Waals surface area contributed by atoms with Crippen LogP contribution in [-0.2, 0) is 22.5 Å². The van der Waals surface area contributed by atoms with Gasteiger partial charge in [0.05, 0.1) is 23.6 Å². The number of ketones is 1. The van der Waals surface area contributed by atoms with E-state index in [1.54, 1.807) is 7.11 Å². The number of methoxy groups -OCH3 is 1. The molecular weight excluding hydrogens is 562 g/mol. The zero-order valence-corrected chi connectivity index (χ0v) is 26.9. The Hall–Kier alpha value is -3.04. The Morgan fingerprint density at radius 2 is 2.16 bits per heavy atom. The number of allylic oxidation sites excluding steroid dienone is 1. The summed E-state index contributed by atoms with van der Waals surface area (Å²) in [5.41, 5.74) is 16.9. The third-order valence-corrected chi connectivity index (χ3v) is 9.56. The molecule has 0 fully saturated rings. The molecule has 0 bridgehead atoms. The molecule has 3 atom stereocenters. The molecule has 2 aliphatic rings. The van der Waals surface area contributed by atoms with Crippen molar-refractivity contribution < 1.29 is 14.3 Å². The van der Waals surface area contributed by atoms with Gasteiger partial charge < -0.3 is 31.6 Å². The van der Waals surface area contributed by atoms with Crippen LogP contribution in [0.1, 0.15) is 104 Å². The van der Waals surface area contributed by atoms with Crippen LogP contribution in [0.2, 0.25) is 0 Å². The van der Waals surface area contributed by atoms with Gasteiger partial charge in [-0.1, -0.05) is 20.3 Å². The quantitative estimate of drug-likeness (QED) is 0.168. The first-order chi connectivity index (χ1) is 20.8. The zero-order chi connectivity index (χ0) is 30.9. The number of rotatable bonds is 15. The number of Topliss-reactive ketones (excluding diaryl/α,β-unsaturated/α-hetero) is 1. The largest absolute Gasteiger partial charge is 0.477 e. The summed E-state index contributed by atoms with van der Waals surface area (Å²) in [6, 6.07) is 2.25. The number of nitrogens with one attached hydrogen (secondary N) is 2. The van der Waals surface area contributed by atoms with Crippen LogP contribution in [0.25, 0.3) is 5.70 Å². The minimum Gasteiger partial charge on any atom is -0.477 e. The maximum atomic E-state index is 14.3. The lowest BCUT2D eigenvalue weighted by Gasteiger charge is -2.28. The lowest BCUT2D eigenvalue weighted by molar-refractivity contribution is -0.117. The van der Waals surface area contributed by atoms with Crippen LogP contribution < -0.4 is 26.8 Å². The van der Waals surface area contributed by atoms with Crippen LogP contribution in [0.5, 0.6) is 5.88 Å². The van der Waals surface area contributed by atoms with E-state index in [0.717, 1.165) is 73.3 Å². The second-order valence-electron chi connectivity index (χ2n) is 11.7. The molecule has 6 N–H and O–H groups in total. The van der Waals surface area contributed by atoms with E-state index in [1.807, 2.05) is 14.0 Å². The molecule has 0 aromatic carbocycles. The van der Waals surface area contributed by atoms with Crippen molar-refractivity contribution >= 4 is 27.8 Å². The summed E-state index contributed by atoms with van der Waals surface area (Å²) in [7, 11) is 3.66. The molecule has 3 heterocycles. The predicted molar refractivity (Wildman–Crippen MR) is 171 cm³/mol. The predicted octanol–water partition coefficient (Wildman–Crippen LogP) is 4.39. The summed E-state index contributed by atoms with van der Waals surface area (Å²) in [4.78, 5) is 25.2. The number of carbonyl (C=O) groups is 1. The maximum Gasteiger partial charge on any atom is 0.221 e. The normalized spacial score (nSPS) is 19.1. The summed E-state index contributed by atoms with van der Waals surface area (Å²) in [6.45, 7) is 7.67. The van der Waals surface area contributed by atoms with Gasteiger partial charge in [0.2, 0.25) is 5.88 Å². The average molecular weight is 610 g/mol. The van der Waals surface area contributed by atoms with Crippen molar-refractivity contribution in [2.45, 2.75) is 83.6 Å². The first-order valence-corrected chi connectivity index (χ1v) is 16.4. The first-order valence-electron chi connectivity index (χ1n) is 15.6. The van der Waals surface area contributed by atoms with Crippen LogP contribution in [0.15, 0.2) is 5.57 Å². The smallest absolute Gasteiger partial charge is 0.221 e. The molecule has 10 nitrogen and oxygen atoms in total. The molecule has 0 amide bonds. The number of thiophene rings is 1. The van der Waals surface area contributed by atoms with Gasteiger partial charge in [0.15, 0.2) is 11.6 Å². The summed E-state index contributed by atoms with van der Waals surface area (Å²) in [6.07, 6.45) is 6.47. The number of nitrogens with zero attached hydrogens (tertiary/aromatic N) is 3. The lowest BCUT2D eigenvalue weighted by Crippen LogP contribution is -2.32. The first kappa shape index (κ1) is 32.9. The van der Waals surface area contributed by atoms with E-state index < -0.39 is 5.92 Å². The van der Waals surface area contributed by atoms with Gasteiger partial charge in [-0.15, -0.1) is 11.3 Å². The van der Waals surface area contributed by atoms with Crippen molar-refractivity contribution in [1.82, 2.24) is 20.6 Å². The molecule has 0 saturated carbocycles. The fraction of sp³-hybridized carbons (Fsp3) is 0.625. The highest BCUT2D eigenvalue weighted by atomic mass is 32.1. The zero-order valence-electron chi connectivity index (χ0n) is 26.1. The van der Waals surface area contributed by atoms with E-state index in [4.69, 9.17) is 30.9 Å². The topological polar surface area (TPSA) is 161 Å². The number of carbonyl (C=O) groups excluding carboxylic acids is 1. The van der Waals surface area contributed by atoms with E-state index in [2.05, 4.69) is 23.6 Å². The minimum atomic E-state index is -0.447. The standard InChI is InChI=1S/C32H47N7O3S/c1-5-8-22(29(40)21-10-6-11-25-26(21)23(15-33)30(35)43-25)27(34)31-38-28-20(12-14-41-4)16-37-17-24(28)32(39-31)42-18-19(2)9-7-13-36-3/h19-21,36-37H,5-14,16-18,34-35H2,1-4H3/b27-22-/t19-,20-,21-/m0/s1. The van der Waals surface area contributed by atoms with Gasteiger partial charge in [-0.25, -0.2) is 4.98 Å². The number of aryl methyl sites for hydroxylation is 1. The van der Waals surface area contributed by atoms with Crippen LogP contribution in [-0.4, -0.2) is 56.2 Å². The Labute approximate surface area is 259 Å². The van der Waals surface area contributed by atoms with Crippen LogP contribution >= 0.6 is 11.3 Å². The van der Waals surface area contributed by atoms with E-state index in [0.29, 0.717) is 72.1 Å². The van der Waals surface area contributed by atoms with E-state index >= 15 is 0 Å². The van der Waals surface area contributed by atoms with Crippen molar-refractivity contribution in [3.63, 3.8) is 0 Å². The van der Waals surface area contributed by atoms with Gasteiger partial charge in [0.25, 0.3) is 0 Å². The summed E-state index contributed by atoms with van der Waals surface area (Å²) in [5.74, 6) is 0.803. The molecule has 0 radical (unpaired) electrons. The molecule has 0 unspecified atom stereocenters. The fourth-order valence-electron chi connectivity index (χ4n) is 6.16. The second kappa shape index (κ2) is 15.6. The highest BCUT2D eigenvalue weighted by Gasteiger charge is 2.35. The third-order valence-electron chi connectivity index (χ3n) is 8.47. The molecule has 0 spiro atoms. The highest BCUT2D eigenvalue weighted by Crippen LogP contribution is 2.44. The van der Waals surface area contributed by atoms with Crippen LogP contribution in [0, 0.1) is 17.2 Å². The van der Waals surface area contributed by atoms with E-state index in [1.165, 1.54) is 11.3 Å². The Bertz CT molecular complexity index is 1350. The molecule has 1 aliphatic carbocycles. The van der Waals surface area contributed by atoms with Crippen LogP contribution in [0.3, 0.4) is 0 Å². The third kappa shape index (κ3) is 7.55. The summed E-state index contributed by atoms with van der Waals surface area (Å²) in [5, 5.41) is 17.0. The monoisotopic (exact) mass is 609 g/mol. The fourth-order valence-corrected chi connectivity index (χ4v) is 7.29. The van der Waals surface area contributed by atoms with Gasteiger partial charge in [-0.3, -0.25) is 4.79 Å². The molecule has 2 aromatic rings. The number of aromatic nitrogens is 2. The van der Waals surface area contributed by atoms with E-state index in [-0.39, 0.29) is 11.7 Å².